The van der Waals surface area contributed by atoms with E-state index in [1.807, 2.05) is 48.5 Å². The van der Waals surface area contributed by atoms with Crippen molar-refractivity contribution < 1.29 is 28.2 Å². The maximum absolute atomic E-state index is 13.4. The molecule has 4 aromatic rings. The number of fused-ring (bicyclic) bond motifs is 1. The Bertz CT molecular complexity index is 1350. The lowest BCUT2D eigenvalue weighted by Gasteiger charge is -2.18. The summed E-state index contributed by atoms with van der Waals surface area (Å²) in [6.07, 6.45) is 1.60. The van der Waals surface area contributed by atoms with E-state index in [0.717, 1.165) is 16.3 Å². The third-order valence-corrected chi connectivity index (χ3v) is 5.69. The molecular formula is C27H27N3O6. The fourth-order valence-electron chi connectivity index (χ4n) is 3.94. The fraction of sp³-hybridized carbons (Fsp3) is 0.222. The van der Waals surface area contributed by atoms with Crippen molar-refractivity contribution in [3.05, 3.63) is 78.3 Å². The summed E-state index contributed by atoms with van der Waals surface area (Å²) in [7, 11) is 3.10. The van der Waals surface area contributed by atoms with Crippen LogP contribution in [0.1, 0.15) is 35.1 Å². The van der Waals surface area contributed by atoms with Crippen LogP contribution in [0.4, 0.5) is 4.79 Å². The maximum atomic E-state index is 13.4. The molecule has 0 aliphatic rings. The molecule has 3 N–H and O–H groups in total. The molecule has 0 fully saturated rings. The molecule has 0 saturated carbocycles. The molecule has 0 saturated heterocycles. The van der Waals surface area contributed by atoms with Gasteiger partial charge >= 0.3 is 6.09 Å². The number of nitrogens with zero attached hydrogens (tertiary/aromatic N) is 1. The van der Waals surface area contributed by atoms with Gasteiger partial charge in [0.1, 0.15) is 17.5 Å². The number of nitrogens with two attached hydrogens (primary N) is 1. The zero-order valence-corrected chi connectivity index (χ0v) is 20.0. The lowest BCUT2D eigenvalue weighted by molar-refractivity contribution is 0.0920. The van der Waals surface area contributed by atoms with E-state index in [4.69, 9.17) is 24.4 Å². The van der Waals surface area contributed by atoms with E-state index in [1.54, 1.807) is 25.4 Å². The van der Waals surface area contributed by atoms with E-state index in [9.17, 15) is 9.59 Å². The van der Waals surface area contributed by atoms with Crippen molar-refractivity contribution >= 4 is 22.8 Å². The van der Waals surface area contributed by atoms with E-state index in [0.29, 0.717) is 41.6 Å². The number of primary amides is 1. The molecule has 3 aromatic carbocycles. The normalized spacial score (nSPS) is 11.6. The monoisotopic (exact) mass is 489 g/mol. The Balaban J connectivity index is 1.62. The summed E-state index contributed by atoms with van der Waals surface area (Å²) < 4.78 is 21.8. The number of methoxy groups -OCH3 is 2. The SMILES string of the molecule is COc1cc2c(OC)cccc2cc1C(=O)N[C@@H](CCCOC(N)=O)c1ncc(-c2ccccc2)o1. The van der Waals surface area contributed by atoms with Crippen LogP contribution in [-0.4, -0.2) is 37.8 Å². The summed E-state index contributed by atoms with van der Waals surface area (Å²) in [5, 5.41) is 4.65. The van der Waals surface area contributed by atoms with E-state index in [1.165, 1.54) is 7.11 Å². The van der Waals surface area contributed by atoms with Gasteiger partial charge in [-0.2, -0.15) is 0 Å². The Labute approximate surface area is 208 Å². The highest BCUT2D eigenvalue weighted by Gasteiger charge is 2.23. The summed E-state index contributed by atoms with van der Waals surface area (Å²) in [6, 6.07) is 18.1. The molecule has 186 valence electrons. The zero-order chi connectivity index (χ0) is 25.5. The van der Waals surface area contributed by atoms with Crippen LogP contribution in [-0.2, 0) is 4.74 Å². The van der Waals surface area contributed by atoms with Gasteiger partial charge in [-0.05, 0) is 36.4 Å². The Hall–Kier alpha value is -4.53. The Kier molecular flexibility index (Phi) is 7.69. The van der Waals surface area contributed by atoms with Gasteiger partial charge in [0.15, 0.2) is 5.76 Å². The molecule has 1 aromatic heterocycles. The number of rotatable bonds is 10. The molecule has 0 aliphatic carbocycles. The second kappa shape index (κ2) is 11.3. The van der Waals surface area contributed by atoms with Crippen LogP contribution in [0.3, 0.4) is 0 Å². The molecule has 0 radical (unpaired) electrons. The predicted octanol–water partition coefficient (Wildman–Crippen LogP) is 4.86. The molecule has 9 heteroatoms. The van der Waals surface area contributed by atoms with Crippen LogP contribution in [0.5, 0.6) is 11.5 Å². The number of hydrogen-bond donors (Lipinski definition) is 2. The summed E-state index contributed by atoms with van der Waals surface area (Å²) in [5.41, 5.74) is 6.28. The highest BCUT2D eigenvalue weighted by molar-refractivity contribution is 6.03. The third-order valence-electron chi connectivity index (χ3n) is 5.69. The van der Waals surface area contributed by atoms with Crippen LogP contribution >= 0.6 is 0 Å². The molecule has 36 heavy (non-hydrogen) atoms. The number of nitrogens with one attached hydrogen (secondary N) is 1. The van der Waals surface area contributed by atoms with Crippen molar-refractivity contribution in [2.75, 3.05) is 20.8 Å². The van der Waals surface area contributed by atoms with Gasteiger partial charge in [-0.15, -0.1) is 0 Å². The van der Waals surface area contributed by atoms with Crippen molar-refractivity contribution in [3.63, 3.8) is 0 Å². The lowest BCUT2D eigenvalue weighted by Crippen LogP contribution is -2.29. The topological polar surface area (TPSA) is 126 Å². The lowest BCUT2D eigenvalue weighted by atomic mass is 10.0. The van der Waals surface area contributed by atoms with Crippen molar-refractivity contribution in [3.8, 4) is 22.8 Å². The summed E-state index contributed by atoms with van der Waals surface area (Å²) >= 11 is 0. The fourth-order valence-corrected chi connectivity index (χ4v) is 3.94. The summed E-state index contributed by atoms with van der Waals surface area (Å²) in [5.74, 6) is 1.63. The van der Waals surface area contributed by atoms with Crippen LogP contribution in [0.25, 0.3) is 22.1 Å². The van der Waals surface area contributed by atoms with Gasteiger partial charge in [0.2, 0.25) is 5.89 Å². The van der Waals surface area contributed by atoms with E-state index < -0.39 is 12.1 Å². The first-order valence-electron chi connectivity index (χ1n) is 11.4. The zero-order valence-electron chi connectivity index (χ0n) is 20.0. The number of hydrogen-bond acceptors (Lipinski definition) is 7. The average Bonchev–Trinajstić information content (AvgIpc) is 3.39. The minimum atomic E-state index is -0.852. The van der Waals surface area contributed by atoms with Gasteiger partial charge in [0.05, 0.1) is 32.6 Å². The van der Waals surface area contributed by atoms with Crippen LogP contribution in [0.2, 0.25) is 0 Å². The molecule has 0 unspecified atom stereocenters. The smallest absolute Gasteiger partial charge is 0.404 e. The second-order valence-corrected chi connectivity index (χ2v) is 8.00. The van der Waals surface area contributed by atoms with Crippen LogP contribution < -0.4 is 20.5 Å². The molecule has 0 spiro atoms. The Morgan fingerprint density at radius 1 is 1.03 bits per heavy atom. The molecular weight excluding hydrogens is 462 g/mol. The van der Waals surface area contributed by atoms with Gasteiger partial charge in [-0.3, -0.25) is 4.79 Å². The number of benzene rings is 3. The minimum Gasteiger partial charge on any atom is -0.496 e. The predicted molar refractivity (Wildman–Crippen MR) is 134 cm³/mol. The third kappa shape index (κ3) is 5.57. The Morgan fingerprint density at radius 2 is 1.81 bits per heavy atom. The van der Waals surface area contributed by atoms with E-state index in [2.05, 4.69) is 10.3 Å². The van der Waals surface area contributed by atoms with E-state index >= 15 is 0 Å². The Morgan fingerprint density at radius 3 is 2.53 bits per heavy atom. The minimum absolute atomic E-state index is 0.104. The van der Waals surface area contributed by atoms with Crippen LogP contribution in [0.15, 0.2) is 71.3 Å². The first-order chi connectivity index (χ1) is 17.5. The molecule has 2 amide bonds. The van der Waals surface area contributed by atoms with Crippen LogP contribution in [0, 0.1) is 0 Å². The van der Waals surface area contributed by atoms with Gasteiger partial charge in [0.25, 0.3) is 5.91 Å². The first-order valence-corrected chi connectivity index (χ1v) is 11.4. The molecule has 9 nitrogen and oxygen atoms in total. The number of carbonyl (C=O) groups is 2. The van der Waals surface area contributed by atoms with Gasteiger partial charge in [0, 0.05) is 10.9 Å². The number of ether oxygens (including phenoxy) is 3. The maximum Gasteiger partial charge on any atom is 0.404 e. The quantitative estimate of drug-likeness (QED) is 0.305. The number of carbonyl (C=O) groups excluding carboxylic acids is 2. The summed E-state index contributed by atoms with van der Waals surface area (Å²) in [6.45, 7) is 0.104. The van der Waals surface area contributed by atoms with Crippen molar-refractivity contribution in [1.82, 2.24) is 10.3 Å². The van der Waals surface area contributed by atoms with Crippen molar-refractivity contribution in [2.45, 2.75) is 18.9 Å². The van der Waals surface area contributed by atoms with Gasteiger partial charge in [-0.1, -0.05) is 42.5 Å². The highest BCUT2D eigenvalue weighted by Crippen LogP contribution is 2.33. The molecule has 1 heterocycles. The first kappa shape index (κ1) is 24.6. The van der Waals surface area contributed by atoms with Crippen molar-refractivity contribution in [1.29, 1.82) is 0 Å². The van der Waals surface area contributed by atoms with Gasteiger partial charge < -0.3 is 29.7 Å². The average molecular weight is 490 g/mol. The van der Waals surface area contributed by atoms with E-state index in [-0.39, 0.29) is 12.5 Å². The number of aromatic nitrogens is 1. The summed E-state index contributed by atoms with van der Waals surface area (Å²) in [4.78, 5) is 28.8. The largest absolute Gasteiger partial charge is 0.496 e. The second-order valence-electron chi connectivity index (χ2n) is 8.00. The number of oxazole rings is 1. The number of amides is 2. The highest BCUT2D eigenvalue weighted by atomic mass is 16.5. The standard InChI is InChI=1S/C27H27N3O6/c1-33-22-12-6-10-18-14-20(23(34-2)15-19(18)22)25(31)30-21(11-7-13-35-27(28)32)26-29-16-24(36-26)17-8-4-3-5-9-17/h3-6,8-10,12,14-16,21H,7,11,13H2,1-2H3,(H2,28,32)(H,30,31)/t21-/m0/s1. The molecule has 0 aliphatic heterocycles. The van der Waals surface area contributed by atoms with Crippen molar-refractivity contribution in [2.24, 2.45) is 5.73 Å². The van der Waals surface area contributed by atoms with Gasteiger partial charge in [-0.25, -0.2) is 9.78 Å². The molecule has 0 bridgehead atoms. The molecule has 1 atom stereocenters. The molecule has 4 rings (SSSR count).